The predicted molar refractivity (Wildman–Crippen MR) is 77.2 cm³/mol. The number of hydrogen-bond donors (Lipinski definition) is 2. The van der Waals surface area contributed by atoms with E-state index < -0.39 is 0 Å². The number of nitrogens with zero attached hydrogens (tertiary/aromatic N) is 1. The average molecular weight is 265 g/mol. The molecule has 96 valence electrons. The van der Waals surface area contributed by atoms with Crippen molar-refractivity contribution in [3.8, 4) is 0 Å². The van der Waals surface area contributed by atoms with Crippen LogP contribution in [0.15, 0.2) is 41.5 Å². The van der Waals surface area contributed by atoms with Crippen molar-refractivity contribution in [1.82, 2.24) is 10.7 Å². The van der Waals surface area contributed by atoms with E-state index >= 15 is 0 Å². The van der Waals surface area contributed by atoms with Gasteiger partial charge in [0, 0.05) is 12.1 Å². The molecule has 0 atom stereocenters. The van der Waals surface area contributed by atoms with Gasteiger partial charge in [-0.1, -0.05) is 30.4 Å². The second-order valence-corrected chi connectivity index (χ2v) is 4.34. The molecule has 2 N–H and O–H groups in total. The van der Waals surface area contributed by atoms with Crippen LogP contribution < -0.4 is 10.7 Å². The molecular formula is C13H16FN3S. The molecule has 5 heteroatoms. The van der Waals surface area contributed by atoms with Crippen LogP contribution >= 0.6 is 12.2 Å². The normalized spacial score (nSPS) is 10.9. The summed E-state index contributed by atoms with van der Waals surface area (Å²) in [6.45, 7) is 7.94. The number of hydrazone groups is 1. The standard InChI is InChI=1S/C13H16FN3S/c1-9(2)8-15-13(18)17-16-10(3)11-6-4-5-7-12(11)14/h4-7H,1,8H2,2-3H3,(H2,15,17,18)/b16-10-. The largest absolute Gasteiger partial charge is 0.358 e. The summed E-state index contributed by atoms with van der Waals surface area (Å²) < 4.78 is 13.4. The van der Waals surface area contributed by atoms with Crippen LogP contribution in [-0.2, 0) is 0 Å². The minimum atomic E-state index is -0.304. The fourth-order valence-corrected chi connectivity index (χ4v) is 1.34. The van der Waals surface area contributed by atoms with Gasteiger partial charge in [0.15, 0.2) is 5.11 Å². The first kappa shape index (κ1) is 14.3. The van der Waals surface area contributed by atoms with Crippen LogP contribution in [0, 0.1) is 5.82 Å². The zero-order valence-corrected chi connectivity index (χ0v) is 11.3. The first-order valence-electron chi connectivity index (χ1n) is 5.48. The highest BCUT2D eigenvalue weighted by Gasteiger charge is 2.03. The van der Waals surface area contributed by atoms with Gasteiger partial charge in [0.25, 0.3) is 0 Å². The quantitative estimate of drug-likeness (QED) is 0.380. The molecule has 0 bridgehead atoms. The van der Waals surface area contributed by atoms with Crippen molar-refractivity contribution >= 4 is 23.0 Å². The van der Waals surface area contributed by atoms with E-state index in [0.29, 0.717) is 22.9 Å². The number of thiocarbonyl (C=S) groups is 1. The molecule has 3 nitrogen and oxygen atoms in total. The van der Waals surface area contributed by atoms with Crippen LogP contribution in [0.4, 0.5) is 4.39 Å². The first-order chi connectivity index (χ1) is 8.50. The molecule has 0 aliphatic carbocycles. The third kappa shape index (κ3) is 4.63. The molecule has 1 aromatic rings. The summed E-state index contributed by atoms with van der Waals surface area (Å²) in [5.41, 5.74) is 4.62. The molecule has 18 heavy (non-hydrogen) atoms. The van der Waals surface area contributed by atoms with E-state index in [-0.39, 0.29) is 5.82 Å². The second-order valence-electron chi connectivity index (χ2n) is 3.93. The molecule has 0 aromatic heterocycles. The molecular weight excluding hydrogens is 249 g/mol. The molecule has 1 rings (SSSR count). The van der Waals surface area contributed by atoms with Gasteiger partial charge >= 0.3 is 0 Å². The molecule has 0 fully saturated rings. The van der Waals surface area contributed by atoms with Gasteiger partial charge in [-0.25, -0.2) is 4.39 Å². The fraction of sp³-hybridized carbons (Fsp3) is 0.231. The maximum Gasteiger partial charge on any atom is 0.187 e. The highest BCUT2D eigenvalue weighted by molar-refractivity contribution is 7.80. The van der Waals surface area contributed by atoms with Crippen LogP contribution in [0.5, 0.6) is 0 Å². The van der Waals surface area contributed by atoms with Crippen LogP contribution in [0.25, 0.3) is 0 Å². The lowest BCUT2D eigenvalue weighted by molar-refractivity contribution is 0.625. The summed E-state index contributed by atoms with van der Waals surface area (Å²) in [6.07, 6.45) is 0. The zero-order valence-electron chi connectivity index (χ0n) is 10.5. The van der Waals surface area contributed by atoms with Crippen LogP contribution in [0.3, 0.4) is 0 Å². The second kappa shape index (κ2) is 6.86. The van der Waals surface area contributed by atoms with Gasteiger partial charge in [0.2, 0.25) is 0 Å². The fourth-order valence-electron chi connectivity index (χ4n) is 1.22. The minimum Gasteiger partial charge on any atom is -0.358 e. The number of nitrogens with one attached hydrogen (secondary N) is 2. The predicted octanol–water partition coefficient (Wildman–Crippen LogP) is 2.59. The smallest absolute Gasteiger partial charge is 0.187 e. The highest BCUT2D eigenvalue weighted by Crippen LogP contribution is 2.07. The number of benzene rings is 1. The Hall–Kier alpha value is -1.75. The Kier molecular flexibility index (Phi) is 5.45. The monoisotopic (exact) mass is 265 g/mol. The lowest BCUT2D eigenvalue weighted by Crippen LogP contribution is -2.33. The Morgan fingerprint density at radius 2 is 2.06 bits per heavy atom. The van der Waals surface area contributed by atoms with Gasteiger partial charge in [0.05, 0.1) is 5.71 Å². The van der Waals surface area contributed by atoms with E-state index in [4.69, 9.17) is 12.2 Å². The van der Waals surface area contributed by atoms with E-state index in [1.165, 1.54) is 6.07 Å². The molecule has 0 spiro atoms. The maximum atomic E-state index is 13.4. The Morgan fingerprint density at radius 1 is 1.39 bits per heavy atom. The molecule has 0 heterocycles. The third-order valence-electron chi connectivity index (χ3n) is 2.14. The zero-order chi connectivity index (χ0) is 13.5. The van der Waals surface area contributed by atoms with Crippen molar-refractivity contribution in [2.24, 2.45) is 5.10 Å². The highest BCUT2D eigenvalue weighted by atomic mass is 32.1. The van der Waals surface area contributed by atoms with Gasteiger partial charge < -0.3 is 5.32 Å². The summed E-state index contributed by atoms with van der Waals surface area (Å²) >= 11 is 5.01. The summed E-state index contributed by atoms with van der Waals surface area (Å²) in [4.78, 5) is 0. The molecule has 1 aromatic carbocycles. The Bertz CT molecular complexity index is 483. The van der Waals surface area contributed by atoms with Crippen LogP contribution in [0.1, 0.15) is 19.4 Å². The summed E-state index contributed by atoms with van der Waals surface area (Å²) in [5.74, 6) is -0.304. The van der Waals surface area contributed by atoms with E-state index in [9.17, 15) is 4.39 Å². The average Bonchev–Trinajstić information content (AvgIpc) is 2.34. The lowest BCUT2D eigenvalue weighted by Gasteiger charge is -2.08. The van der Waals surface area contributed by atoms with Crippen molar-refractivity contribution in [2.75, 3.05) is 6.54 Å². The maximum absolute atomic E-state index is 13.4. The van der Waals surface area contributed by atoms with Gasteiger partial charge in [0.1, 0.15) is 5.82 Å². The summed E-state index contributed by atoms with van der Waals surface area (Å²) in [7, 11) is 0. The van der Waals surface area contributed by atoms with Gasteiger partial charge in [-0.2, -0.15) is 5.10 Å². The third-order valence-corrected chi connectivity index (χ3v) is 2.38. The molecule has 0 unspecified atom stereocenters. The van der Waals surface area contributed by atoms with Crippen LogP contribution in [-0.4, -0.2) is 17.4 Å². The van der Waals surface area contributed by atoms with Crippen molar-refractivity contribution in [2.45, 2.75) is 13.8 Å². The van der Waals surface area contributed by atoms with Crippen LogP contribution in [0.2, 0.25) is 0 Å². The number of rotatable bonds is 4. The molecule has 0 aliphatic rings. The molecule has 0 aliphatic heterocycles. The van der Waals surface area contributed by atoms with Crippen molar-refractivity contribution < 1.29 is 4.39 Å². The van der Waals surface area contributed by atoms with E-state index in [2.05, 4.69) is 22.4 Å². The molecule has 0 amide bonds. The number of halogens is 1. The lowest BCUT2D eigenvalue weighted by atomic mass is 10.1. The van der Waals surface area contributed by atoms with Crippen molar-refractivity contribution in [3.05, 3.63) is 47.8 Å². The molecule has 0 radical (unpaired) electrons. The summed E-state index contributed by atoms with van der Waals surface area (Å²) in [5, 5.41) is 7.33. The SMILES string of the molecule is C=C(C)CNC(=S)N/N=C(/C)c1ccccc1F. The van der Waals surface area contributed by atoms with Gasteiger partial charge in [-0.15, -0.1) is 0 Å². The summed E-state index contributed by atoms with van der Waals surface area (Å²) in [6, 6.07) is 6.46. The first-order valence-corrected chi connectivity index (χ1v) is 5.89. The van der Waals surface area contributed by atoms with Crippen molar-refractivity contribution in [3.63, 3.8) is 0 Å². The molecule has 0 saturated carbocycles. The van der Waals surface area contributed by atoms with Gasteiger partial charge in [-0.3, -0.25) is 5.43 Å². The van der Waals surface area contributed by atoms with E-state index in [0.717, 1.165) is 5.57 Å². The Balaban J connectivity index is 2.60. The van der Waals surface area contributed by atoms with E-state index in [1.807, 2.05) is 6.92 Å². The van der Waals surface area contributed by atoms with E-state index in [1.54, 1.807) is 25.1 Å². The van der Waals surface area contributed by atoms with Crippen molar-refractivity contribution in [1.29, 1.82) is 0 Å². The Morgan fingerprint density at radius 3 is 2.67 bits per heavy atom. The minimum absolute atomic E-state index is 0.304. The number of hydrogen-bond acceptors (Lipinski definition) is 2. The molecule has 0 saturated heterocycles. The van der Waals surface area contributed by atoms with Gasteiger partial charge in [-0.05, 0) is 32.1 Å². The topological polar surface area (TPSA) is 36.4 Å². The Labute approximate surface area is 112 Å².